The summed E-state index contributed by atoms with van der Waals surface area (Å²) in [4.78, 5) is 38.1. The quantitative estimate of drug-likeness (QED) is 0.0261. The largest absolute Gasteiger partial charge is 0.462 e. The Morgan fingerprint density at radius 1 is 0.266 bits per heavy atom. The molecule has 0 saturated carbocycles. The minimum absolute atomic E-state index is 0.0674. The van der Waals surface area contributed by atoms with Crippen LogP contribution >= 0.6 is 0 Å². The maximum absolute atomic E-state index is 12.9. The van der Waals surface area contributed by atoms with Crippen molar-refractivity contribution in [2.75, 3.05) is 13.2 Å². The zero-order valence-electron chi connectivity index (χ0n) is 52.9. The van der Waals surface area contributed by atoms with E-state index >= 15 is 0 Å². The molecule has 79 heavy (non-hydrogen) atoms. The number of unbranched alkanes of at least 4 members (excludes halogenated alkanes) is 43. The van der Waals surface area contributed by atoms with Gasteiger partial charge < -0.3 is 14.2 Å². The molecule has 0 aliphatic carbocycles. The monoisotopic (exact) mass is 1110 g/mol. The molecule has 6 nitrogen and oxygen atoms in total. The third-order valence-corrected chi connectivity index (χ3v) is 15.5. The molecule has 0 N–H and O–H groups in total. The summed E-state index contributed by atoms with van der Waals surface area (Å²) >= 11 is 0. The molecule has 0 spiro atoms. The van der Waals surface area contributed by atoms with Crippen LogP contribution in [0.1, 0.15) is 367 Å². The van der Waals surface area contributed by atoms with E-state index in [1.54, 1.807) is 0 Å². The van der Waals surface area contributed by atoms with Crippen LogP contribution in [-0.4, -0.2) is 37.2 Å². The molecule has 6 heteroatoms. The van der Waals surface area contributed by atoms with Crippen LogP contribution in [0, 0.1) is 0 Å². The van der Waals surface area contributed by atoms with E-state index in [0.29, 0.717) is 19.3 Å². The molecule has 0 aliphatic heterocycles. The fourth-order valence-corrected chi connectivity index (χ4v) is 10.4. The second-order valence-corrected chi connectivity index (χ2v) is 23.4. The van der Waals surface area contributed by atoms with Crippen LogP contribution in [0.15, 0.2) is 60.8 Å². The number of hydrogen-bond donors (Lipinski definition) is 0. The Morgan fingerprint density at radius 3 is 0.772 bits per heavy atom. The predicted octanol–water partition coefficient (Wildman–Crippen LogP) is 23.9. The molecule has 0 radical (unpaired) electrons. The van der Waals surface area contributed by atoms with E-state index in [1.807, 2.05) is 0 Å². The highest BCUT2D eigenvalue weighted by molar-refractivity contribution is 5.71. The standard InChI is InChI=1S/C73H132O6/c1-4-7-10-13-16-18-20-22-24-26-28-30-31-32-33-34-35-36-37-38-39-40-41-43-44-46-48-50-52-54-57-60-63-66-72(75)78-69-70(68-77-71(74)65-62-59-56-15-12-9-6-3)79-73(76)67-64-61-58-55-53-51-49-47-45-42-29-27-25-23-21-19-17-14-11-8-5-2/h7,10,16,18,22,24,28,30,32-33,70H,4-6,8-9,11-15,17,19-21,23,25-27,29,31,34-69H2,1-3H3/b10-7-,18-16-,24-22-,30-28-,33-32-. The van der Waals surface area contributed by atoms with E-state index in [4.69, 9.17) is 14.2 Å². The average molecular weight is 1110 g/mol. The van der Waals surface area contributed by atoms with Gasteiger partial charge in [0.1, 0.15) is 13.2 Å². The van der Waals surface area contributed by atoms with Gasteiger partial charge in [-0.1, -0.05) is 345 Å². The molecular formula is C73H132O6. The third kappa shape index (κ3) is 65.8. The molecule has 1 atom stereocenters. The summed E-state index contributed by atoms with van der Waals surface area (Å²) in [6, 6.07) is 0. The Balaban J connectivity index is 4.00. The average Bonchev–Trinajstić information content (AvgIpc) is 3.45. The smallest absolute Gasteiger partial charge is 0.306 e. The van der Waals surface area contributed by atoms with Crippen LogP contribution in [0.3, 0.4) is 0 Å². The number of hydrogen-bond acceptors (Lipinski definition) is 6. The first-order valence-corrected chi connectivity index (χ1v) is 34.8. The molecule has 0 bridgehead atoms. The summed E-state index contributed by atoms with van der Waals surface area (Å²) in [7, 11) is 0. The molecule has 0 aromatic rings. The van der Waals surface area contributed by atoms with Crippen LogP contribution in [0.2, 0.25) is 0 Å². The van der Waals surface area contributed by atoms with Gasteiger partial charge >= 0.3 is 17.9 Å². The number of rotatable bonds is 64. The first kappa shape index (κ1) is 76.1. The SMILES string of the molecule is CC/C=C\C/C=C\C/C=C\C/C=C\C/C=C\CCCCCCCCCCCCCCCCCCCC(=O)OCC(COC(=O)CCCCCCCCC)OC(=O)CCCCCCCCCCCCCCCCCCCCCCC. The molecule has 0 aromatic heterocycles. The van der Waals surface area contributed by atoms with Gasteiger partial charge in [0.15, 0.2) is 6.10 Å². The van der Waals surface area contributed by atoms with E-state index in [0.717, 1.165) is 89.9 Å². The predicted molar refractivity (Wildman–Crippen MR) is 344 cm³/mol. The summed E-state index contributed by atoms with van der Waals surface area (Å²) in [5, 5.41) is 0. The van der Waals surface area contributed by atoms with Gasteiger partial charge in [0.05, 0.1) is 0 Å². The van der Waals surface area contributed by atoms with Gasteiger partial charge in [-0.05, 0) is 64.2 Å². The van der Waals surface area contributed by atoms with E-state index in [9.17, 15) is 14.4 Å². The van der Waals surface area contributed by atoms with Gasteiger partial charge in [-0.15, -0.1) is 0 Å². The van der Waals surface area contributed by atoms with E-state index in [2.05, 4.69) is 81.5 Å². The van der Waals surface area contributed by atoms with Crippen molar-refractivity contribution in [1.82, 2.24) is 0 Å². The lowest BCUT2D eigenvalue weighted by molar-refractivity contribution is -0.167. The van der Waals surface area contributed by atoms with Crippen molar-refractivity contribution >= 4 is 17.9 Å². The summed E-state index contributed by atoms with van der Waals surface area (Å²) < 4.78 is 16.9. The highest BCUT2D eigenvalue weighted by Crippen LogP contribution is 2.18. The zero-order chi connectivity index (χ0) is 57.1. The van der Waals surface area contributed by atoms with Crippen molar-refractivity contribution in [2.45, 2.75) is 374 Å². The molecule has 0 rings (SSSR count). The first-order valence-electron chi connectivity index (χ1n) is 34.8. The fraction of sp³-hybridized carbons (Fsp3) is 0.822. The molecule has 0 aromatic carbocycles. The van der Waals surface area contributed by atoms with E-state index in [-0.39, 0.29) is 31.1 Å². The van der Waals surface area contributed by atoms with E-state index < -0.39 is 6.10 Å². The lowest BCUT2D eigenvalue weighted by Gasteiger charge is -2.18. The normalized spacial score (nSPS) is 12.4. The minimum Gasteiger partial charge on any atom is -0.462 e. The van der Waals surface area contributed by atoms with Gasteiger partial charge in [0.25, 0.3) is 0 Å². The van der Waals surface area contributed by atoms with Crippen molar-refractivity contribution < 1.29 is 28.6 Å². The summed E-state index contributed by atoms with van der Waals surface area (Å²) in [5.74, 6) is -0.849. The van der Waals surface area contributed by atoms with Crippen molar-refractivity contribution in [2.24, 2.45) is 0 Å². The topological polar surface area (TPSA) is 78.9 Å². The van der Waals surface area contributed by atoms with Crippen molar-refractivity contribution in [1.29, 1.82) is 0 Å². The van der Waals surface area contributed by atoms with Gasteiger partial charge in [-0.2, -0.15) is 0 Å². The molecule has 0 heterocycles. The minimum atomic E-state index is -0.767. The molecule has 0 saturated heterocycles. The highest BCUT2D eigenvalue weighted by atomic mass is 16.6. The maximum Gasteiger partial charge on any atom is 0.306 e. The second kappa shape index (κ2) is 67.6. The number of carbonyl (C=O) groups is 3. The Bertz CT molecular complexity index is 1410. The van der Waals surface area contributed by atoms with Crippen LogP contribution in [-0.2, 0) is 28.6 Å². The second-order valence-electron chi connectivity index (χ2n) is 23.4. The van der Waals surface area contributed by atoms with Crippen molar-refractivity contribution in [3.8, 4) is 0 Å². The molecule has 460 valence electrons. The summed E-state index contributed by atoms with van der Waals surface area (Å²) in [5.41, 5.74) is 0. The number of allylic oxidation sites excluding steroid dienone is 10. The molecule has 0 aliphatic rings. The Hall–Kier alpha value is -2.89. The number of ether oxygens (including phenoxy) is 3. The third-order valence-electron chi connectivity index (χ3n) is 15.5. The fourth-order valence-electron chi connectivity index (χ4n) is 10.4. The molecule has 1 unspecified atom stereocenters. The van der Waals surface area contributed by atoms with Gasteiger partial charge in [0, 0.05) is 19.3 Å². The van der Waals surface area contributed by atoms with Crippen molar-refractivity contribution in [3.05, 3.63) is 60.8 Å². The number of carbonyl (C=O) groups excluding carboxylic acids is 3. The number of esters is 3. The van der Waals surface area contributed by atoms with E-state index in [1.165, 1.54) is 238 Å². The van der Waals surface area contributed by atoms with Gasteiger partial charge in [-0.3, -0.25) is 14.4 Å². The zero-order valence-corrected chi connectivity index (χ0v) is 52.9. The summed E-state index contributed by atoms with van der Waals surface area (Å²) in [6.45, 7) is 6.54. The Kier molecular flexibility index (Phi) is 65.1. The molecular weight excluding hydrogens is 973 g/mol. The van der Waals surface area contributed by atoms with Gasteiger partial charge in [0.2, 0.25) is 0 Å². The van der Waals surface area contributed by atoms with Crippen LogP contribution < -0.4 is 0 Å². The lowest BCUT2D eigenvalue weighted by Crippen LogP contribution is -2.30. The van der Waals surface area contributed by atoms with Crippen LogP contribution in [0.25, 0.3) is 0 Å². The molecule has 0 fully saturated rings. The lowest BCUT2D eigenvalue weighted by atomic mass is 10.0. The van der Waals surface area contributed by atoms with Crippen LogP contribution in [0.5, 0.6) is 0 Å². The molecule has 0 amide bonds. The van der Waals surface area contributed by atoms with Gasteiger partial charge in [-0.25, -0.2) is 0 Å². The Labute approximate surface area is 491 Å². The Morgan fingerprint density at radius 2 is 0.494 bits per heavy atom. The highest BCUT2D eigenvalue weighted by Gasteiger charge is 2.19. The first-order chi connectivity index (χ1) is 39.0. The van der Waals surface area contributed by atoms with Crippen molar-refractivity contribution in [3.63, 3.8) is 0 Å². The maximum atomic E-state index is 12.9. The summed E-state index contributed by atoms with van der Waals surface area (Å²) in [6.07, 6.45) is 87.1. The van der Waals surface area contributed by atoms with Crippen LogP contribution in [0.4, 0.5) is 0 Å².